The van der Waals surface area contributed by atoms with Gasteiger partial charge < -0.3 is 14.6 Å². The minimum absolute atomic E-state index is 0.174. The number of hydrogen-bond donors (Lipinski definition) is 1. The first-order valence-corrected chi connectivity index (χ1v) is 14.5. The third-order valence-electron chi connectivity index (χ3n) is 5.10. The number of hydrogen-bond acceptors (Lipinski definition) is 7. The Morgan fingerprint density at radius 3 is 2.57 bits per heavy atom. The zero-order valence-corrected chi connectivity index (χ0v) is 24.2. The number of amides is 1. The molecule has 194 valence electrons. The summed E-state index contributed by atoms with van der Waals surface area (Å²) in [6, 6.07) is 10.3. The smallest absolute Gasteiger partial charge is 0.236 e. The number of aromatic nitrogens is 4. The number of carbonyl (C=O) groups excluding carboxylic acids is 1. The van der Waals surface area contributed by atoms with Crippen molar-refractivity contribution in [2.24, 2.45) is 0 Å². The fraction of sp³-hybridized carbons (Fsp3) is 0.250. The second kappa shape index (κ2) is 13.2. The van der Waals surface area contributed by atoms with E-state index in [1.807, 2.05) is 16.9 Å². The van der Waals surface area contributed by atoms with Gasteiger partial charge in [0.1, 0.15) is 11.6 Å². The maximum atomic E-state index is 12.5. The van der Waals surface area contributed by atoms with Crippen LogP contribution >= 0.6 is 69.5 Å². The van der Waals surface area contributed by atoms with Crippen LogP contribution in [0.3, 0.4) is 0 Å². The van der Waals surface area contributed by atoms with Gasteiger partial charge in [-0.05, 0) is 49.7 Å². The van der Waals surface area contributed by atoms with Crippen molar-refractivity contribution >= 4 is 80.5 Å². The number of aryl methyl sites for hydroxylation is 1. The molecule has 0 atom stereocenters. The van der Waals surface area contributed by atoms with Crippen LogP contribution in [0.25, 0.3) is 11.3 Å². The third kappa shape index (κ3) is 7.52. The Balaban J connectivity index is 1.27. The van der Waals surface area contributed by atoms with E-state index in [4.69, 9.17) is 51.1 Å². The minimum atomic E-state index is -0.187. The fourth-order valence-electron chi connectivity index (χ4n) is 3.37. The highest BCUT2D eigenvalue weighted by molar-refractivity contribution is 7.99. The van der Waals surface area contributed by atoms with Gasteiger partial charge in [-0.2, -0.15) is 0 Å². The van der Waals surface area contributed by atoms with Crippen molar-refractivity contribution in [2.45, 2.75) is 31.5 Å². The van der Waals surface area contributed by atoms with Gasteiger partial charge in [-0.1, -0.05) is 58.2 Å². The number of benzene rings is 2. The van der Waals surface area contributed by atoms with Crippen molar-refractivity contribution in [2.75, 3.05) is 17.7 Å². The molecule has 13 heteroatoms. The molecule has 37 heavy (non-hydrogen) atoms. The van der Waals surface area contributed by atoms with Gasteiger partial charge in [0, 0.05) is 34.0 Å². The van der Waals surface area contributed by atoms with Crippen LogP contribution in [0.4, 0.5) is 5.13 Å². The zero-order chi connectivity index (χ0) is 26.4. The van der Waals surface area contributed by atoms with Crippen LogP contribution in [-0.2, 0) is 17.8 Å². The Morgan fingerprint density at radius 2 is 1.84 bits per heavy atom. The first-order chi connectivity index (χ1) is 17.8. The van der Waals surface area contributed by atoms with Crippen LogP contribution < -0.4 is 10.1 Å². The lowest BCUT2D eigenvalue weighted by atomic mass is 10.2. The summed E-state index contributed by atoms with van der Waals surface area (Å²) in [5.74, 6) is 1.41. The van der Waals surface area contributed by atoms with Gasteiger partial charge in [0.15, 0.2) is 10.3 Å². The quantitative estimate of drug-likeness (QED) is 0.137. The number of ether oxygens (including phenoxy) is 1. The van der Waals surface area contributed by atoms with Gasteiger partial charge in [0.2, 0.25) is 5.91 Å². The Kier molecular flexibility index (Phi) is 9.97. The molecule has 0 bridgehead atoms. The van der Waals surface area contributed by atoms with Crippen molar-refractivity contribution in [3.63, 3.8) is 0 Å². The molecule has 4 rings (SSSR count). The fourth-order valence-corrected chi connectivity index (χ4v) is 5.89. The number of rotatable bonds is 11. The molecule has 1 amide bonds. The van der Waals surface area contributed by atoms with Gasteiger partial charge >= 0.3 is 0 Å². The first-order valence-electron chi connectivity index (χ1n) is 11.2. The van der Waals surface area contributed by atoms with Crippen LogP contribution in [0.2, 0.25) is 20.1 Å². The highest BCUT2D eigenvalue weighted by atomic mass is 35.5. The molecular weight excluding hydrogens is 596 g/mol. The van der Waals surface area contributed by atoms with Crippen LogP contribution in [0.1, 0.15) is 19.2 Å². The Hall–Kier alpha value is -2.01. The molecule has 7 nitrogen and oxygen atoms in total. The maximum absolute atomic E-state index is 12.5. The van der Waals surface area contributed by atoms with E-state index >= 15 is 0 Å². The maximum Gasteiger partial charge on any atom is 0.236 e. The molecule has 0 spiro atoms. The summed E-state index contributed by atoms with van der Waals surface area (Å²) in [4.78, 5) is 17.0. The number of carbonyl (C=O) groups is 1. The van der Waals surface area contributed by atoms with Crippen LogP contribution in [-0.4, -0.2) is 38.0 Å². The van der Waals surface area contributed by atoms with E-state index in [0.717, 1.165) is 17.8 Å². The molecule has 0 aliphatic rings. The normalized spacial score (nSPS) is 11.1. The molecule has 0 saturated carbocycles. The predicted molar refractivity (Wildman–Crippen MR) is 153 cm³/mol. The summed E-state index contributed by atoms with van der Waals surface area (Å²) in [5, 5.41) is 16.5. The molecule has 0 aliphatic heterocycles. The number of thiazole rings is 1. The summed E-state index contributed by atoms with van der Waals surface area (Å²) in [6.45, 7) is 3.17. The Labute approximate surface area is 242 Å². The van der Waals surface area contributed by atoms with Gasteiger partial charge in [-0.15, -0.1) is 21.5 Å². The summed E-state index contributed by atoms with van der Waals surface area (Å²) < 4.78 is 7.74. The topological polar surface area (TPSA) is 81.9 Å². The summed E-state index contributed by atoms with van der Waals surface area (Å²) in [5.41, 5.74) is 1.43. The van der Waals surface area contributed by atoms with Crippen molar-refractivity contribution < 1.29 is 9.53 Å². The van der Waals surface area contributed by atoms with Crippen LogP contribution in [0, 0.1) is 0 Å². The monoisotopic (exact) mass is 615 g/mol. The summed E-state index contributed by atoms with van der Waals surface area (Å²) in [6.07, 6.45) is 1.40. The number of anilines is 1. The lowest BCUT2D eigenvalue weighted by Crippen LogP contribution is -2.14. The van der Waals surface area contributed by atoms with E-state index in [2.05, 4.69) is 20.5 Å². The molecule has 0 aliphatic carbocycles. The Bertz CT molecular complexity index is 1400. The van der Waals surface area contributed by atoms with Crippen molar-refractivity contribution in [1.29, 1.82) is 0 Å². The molecule has 1 N–H and O–H groups in total. The molecule has 2 heterocycles. The summed E-state index contributed by atoms with van der Waals surface area (Å²) in [7, 11) is 0. The molecular formula is C24H21Cl4N5O2S2. The SMILES string of the molecule is CCn1c(CCCOc2ccc(Cl)cc2Cl)nnc1SCC(=O)Nc1nc(-c2ccc(Cl)cc2Cl)cs1. The Morgan fingerprint density at radius 1 is 1.08 bits per heavy atom. The number of nitrogens with one attached hydrogen (secondary N) is 1. The van der Waals surface area contributed by atoms with E-state index in [1.54, 1.807) is 36.4 Å². The van der Waals surface area contributed by atoms with Crippen molar-refractivity contribution in [3.05, 3.63) is 67.7 Å². The standard InChI is InChI=1S/C24H21Cl4N5O2S2/c1-2-33-21(4-3-9-35-20-8-6-15(26)11-18(20)28)31-32-24(33)37-13-22(34)30-23-29-19(12-36-23)16-7-5-14(25)10-17(16)27/h5-8,10-12H,2-4,9,13H2,1H3,(H,29,30,34). The van der Waals surface area contributed by atoms with Gasteiger partial charge in [-0.3, -0.25) is 4.79 Å². The third-order valence-corrected chi connectivity index (χ3v) is 7.90. The van der Waals surface area contributed by atoms with Crippen molar-refractivity contribution in [1.82, 2.24) is 19.7 Å². The predicted octanol–water partition coefficient (Wildman–Crippen LogP) is 7.78. The molecule has 0 radical (unpaired) electrons. The molecule has 0 unspecified atom stereocenters. The van der Waals surface area contributed by atoms with E-state index in [-0.39, 0.29) is 11.7 Å². The number of thioether (sulfide) groups is 1. The van der Waals surface area contributed by atoms with Crippen LogP contribution in [0.15, 0.2) is 46.9 Å². The second-order valence-electron chi connectivity index (χ2n) is 7.67. The highest BCUT2D eigenvalue weighted by Gasteiger charge is 2.15. The molecule has 2 aromatic heterocycles. The van der Waals surface area contributed by atoms with Gasteiger partial charge in [0.25, 0.3) is 0 Å². The highest BCUT2D eigenvalue weighted by Crippen LogP contribution is 2.32. The number of halogens is 4. The molecule has 0 saturated heterocycles. The largest absolute Gasteiger partial charge is 0.492 e. The average Bonchev–Trinajstić information content (AvgIpc) is 3.48. The summed E-state index contributed by atoms with van der Waals surface area (Å²) >= 11 is 26.9. The van der Waals surface area contributed by atoms with E-state index in [0.29, 0.717) is 61.4 Å². The lowest BCUT2D eigenvalue weighted by molar-refractivity contribution is -0.113. The first kappa shape index (κ1) is 28.0. The lowest BCUT2D eigenvalue weighted by Gasteiger charge is -2.09. The van der Waals surface area contributed by atoms with Gasteiger partial charge in [0.05, 0.1) is 28.1 Å². The van der Waals surface area contributed by atoms with Crippen molar-refractivity contribution in [3.8, 4) is 17.0 Å². The minimum Gasteiger partial charge on any atom is -0.492 e. The second-order valence-corrected chi connectivity index (χ2v) is 11.2. The van der Waals surface area contributed by atoms with E-state index in [9.17, 15) is 4.79 Å². The average molecular weight is 617 g/mol. The van der Waals surface area contributed by atoms with E-state index in [1.165, 1.54) is 23.1 Å². The zero-order valence-electron chi connectivity index (χ0n) is 19.5. The molecule has 4 aromatic rings. The van der Waals surface area contributed by atoms with Crippen LogP contribution in [0.5, 0.6) is 5.75 Å². The number of nitrogens with zero attached hydrogens (tertiary/aromatic N) is 4. The molecule has 2 aromatic carbocycles. The van der Waals surface area contributed by atoms with Gasteiger partial charge in [-0.25, -0.2) is 4.98 Å². The molecule has 0 fully saturated rings. The van der Waals surface area contributed by atoms with E-state index < -0.39 is 0 Å².